The lowest BCUT2D eigenvalue weighted by Gasteiger charge is -2.17. The van der Waals surface area contributed by atoms with Gasteiger partial charge in [0.1, 0.15) is 21.4 Å². The second-order valence-corrected chi connectivity index (χ2v) is 10.3. The number of nitrogens with zero attached hydrogens (tertiary/aromatic N) is 3. The average molecular weight is 493 g/mol. The molecular weight excluding hydrogens is 468 g/mol. The summed E-state index contributed by atoms with van der Waals surface area (Å²) in [6.07, 6.45) is 3.68. The van der Waals surface area contributed by atoms with Crippen LogP contribution in [0.5, 0.6) is 5.75 Å². The zero-order valence-electron chi connectivity index (χ0n) is 19.2. The van der Waals surface area contributed by atoms with Gasteiger partial charge in [0.2, 0.25) is 0 Å². The minimum atomic E-state index is -0.225. The first-order chi connectivity index (χ1) is 16.4. The largest absolute Gasteiger partial charge is 0.497 e. The van der Waals surface area contributed by atoms with E-state index in [1.807, 2.05) is 48.4 Å². The van der Waals surface area contributed by atoms with Crippen molar-refractivity contribution in [2.24, 2.45) is 0 Å². The third-order valence-electron chi connectivity index (χ3n) is 6.05. The number of amides is 1. The number of thiophene rings is 1. The number of aryl methyl sites for hydroxylation is 2. The summed E-state index contributed by atoms with van der Waals surface area (Å²) in [5.74, 6) is 0.902. The highest BCUT2D eigenvalue weighted by molar-refractivity contribution is 7.18. The second-order valence-electron chi connectivity index (χ2n) is 8.24. The van der Waals surface area contributed by atoms with Crippen LogP contribution in [-0.4, -0.2) is 46.0 Å². The van der Waals surface area contributed by atoms with Gasteiger partial charge in [-0.2, -0.15) is 0 Å². The highest BCUT2D eigenvalue weighted by Crippen LogP contribution is 2.30. The standard InChI is InChI=1S/C25H24N4O3S2/c1-14-15(2)34-24-20(14)22(30)27-21(28-24)19(25(31)29-9-4-5-10-29)12-17-13-33-23(26-17)16-7-6-8-18(11-16)32-3/h6-8,11-13H,4-5,9-10H2,1-3H3,(H,27,28,30)/b19-12+. The van der Waals surface area contributed by atoms with E-state index in [0.29, 0.717) is 34.6 Å². The Morgan fingerprint density at radius 1 is 1.21 bits per heavy atom. The molecule has 0 aliphatic carbocycles. The molecule has 3 aromatic heterocycles. The summed E-state index contributed by atoms with van der Waals surface area (Å²) in [7, 11) is 1.63. The van der Waals surface area contributed by atoms with Crippen LogP contribution in [0.1, 0.15) is 34.8 Å². The van der Waals surface area contributed by atoms with Gasteiger partial charge in [-0.05, 0) is 50.5 Å². The molecule has 0 bridgehead atoms. The normalized spacial score (nSPS) is 14.2. The van der Waals surface area contributed by atoms with Crippen LogP contribution in [0.4, 0.5) is 0 Å². The number of methoxy groups -OCH3 is 1. The lowest BCUT2D eigenvalue weighted by Crippen LogP contribution is -2.29. The monoisotopic (exact) mass is 492 g/mol. The molecule has 7 nitrogen and oxygen atoms in total. The third kappa shape index (κ3) is 4.17. The number of thiazole rings is 1. The zero-order chi connectivity index (χ0) is 23.8. The quantitative estimate of drug-likeness (QED) is 0.401. The SMILES string of the molecule is COc1cccc(-c2nc(/C=C(/C(=O)N3CCCC3)c3nc4sc(C)c(C)c4c(=O)[nH]3)cs2)c1. The number of H-pyrrole nitrogens is 1. The highest BCUT2D eigenvalue weighted by atomic mass is 32.1. The Morgan fingerprint density at radius 3 is 2.76 bits per heavy atom. The molecule has 1 aromatic carbocycles. The predicted octanol–water partition coefficient (Wildman–Crippen LogP) is 4.90. The average Bonchev–Trinajstić information content (AvgIpc) is 3.59. The smallest absolute Gasteiger partial charge is 0.260 e. The number of fused-ring (bicyclic) bond motifs is 1. The van der Waals surface area contributed by atoms with Crippen molar-refractivity contribution in [3.8, 4) is 16.3 Å². The summed E-state index contributed by atoms with van der Waals surface area (Å²) in [5.41, 5.74) is 2.64. The van der Waals surface area contributed by atoms with Gasteiger partial charge in [0.25, 0.3) is 11.5 Å². The Morgan fingerprint density at radius 2 is 2.00 bits per heavy atom. The van der Waals surface area contributed by atoms with E-state index in [1.54, 1.807) is 13.2 Å². The first-order valence-electron chi connectivity index (χ1n) is 11.1. The Bertz CT molecular complexity index is 1480. The number of carbonyl (C=O) groups excluding carboxylic acids is 1. The van der Waals surface area contributed by atoms with Crippen LogP contribution in [0.25, 0.3) is 32.4 Å². The molecule has 0 atom stereocenters. The molecule has 1 N–H and O–H groups in total. The molecule has 1 aliphatic rings. The fourth-order valence-electron chi connectivity index (χ4n) is 4.09. The van der Waals surface area contributed by atoms with Crippen molar-refractivity contribution in [1.29, 1.82) is 0 Å². The van der Waals surface area contributed by atoms with Gasteiger partial charge in [-0.15, -0.1) is 22.7 Å². The van der Waals surface area contributed by atoms with Gasteiger partial charge in [0.15, 0.2) is 0 Å². The molecule has 0 unspecified atom stereocenters. The maximum absolute atomic E-state index is 13.5. The minimum absolute atomic E-state index is 0.138. The highest BCUT2D eigenvalue weighted by Gasteiger charge is 2.25. The van der Waals surface area contributed by atoms with Crippen LogP contribution in [0.3, 0.4) is 0 Å². The van der Waals surface area contributed by atoms with Gasteiger partial charge in [0, 0.05) is 28.9 Å². The number of carbonyl (C=O) groups is 1. The van der Waals surface area contributed by atoms with Crippen LogP contribution in [0, 0.1) is 13.8 Å². The fraction of sp³-hybridized carbons (Fsp3) is 0.280. The number of rotatable bonds is 5. The number of benzene rings is 1. The minimum Gasteiger partial charge on any atom is -0.497 e. The molecule has 4 aromatic rings. The molecule has 34 heavy (non-hydrogen) atoms. The Hall–Kier alpha value is -3.30. The fourth-order valence-corrected chi connectivity index (χ4v) is 5.90. The van der Waals surface area contributed by atoms with Crippen molar-refractivity contribution in [2.45, 2.75) is 26.7 Å². The van der Waals surface area contributed by atoms with Gasteiger partial charge >= 0.3 is 0 Å². The molecule has 0 spiro atoms. The maximum atomic E-state index is 13.5. The Kier molecular flexibility index (Phi) is 6.05. The van der Waals surface area contributed by atoms with Gasteiger partial charge in [-0.3, -0.25) is 9.59 Å². The second kappa shape index (κ2) is 9.15. The van der Waals surface area contributed by atoms with Crippen molar-refractivity contribution in [3.05, 3.63) is 62.0 Å². The third-order valence-corrected chi connectivity index (χ3v) is 8.06. The number of aromatic nitrogens is 3. The summed E-state index contributed by atoms with van der Waals surface area (Å²) in [5, 5.41) is 3.31. The van der Waals surface area contributed by atoms with Gasteiger partial charge in [-0.1, -0.05) is 12.1 Å². The lowest BCUT2D eigenvalue weighted by atomic mass is 10.1. The van der Waals surface area contributed by atoms with E-state index < -0.39 is 0 Å². The van der Waals surface area contributed by atoms with E-state index in [2.05, 4.69) is 4.98 Å². The molecule has 4 heterocycles. The van der Waals surface area contributed by atoms with Crippen LogP contribution in [0.2, 0.25) is 0 Å². The number of hydrogen-bond donors (Lipinski definition) is 1. The van der Waals surface area contributed by atoms with Crippen LogP contribution in [0.15, 0.2) is 34.4 Å². The van der Waals surface area contributed by atoms with Crippen molar-refractivity contribution in [3.63, 3.8) is 0 Å². The van der Waals surface area contributed by atoms with Gasteiger partial charge in [0.05, 0.1) is 23.8 Å². The van der Waals surface area contributed by atoms with Crippen LogP contribution < -0.4 is 10.3 Å². The first kappa shape index (κ1) is 22.5. The molecule has 1 fully saturated rings. The molecule has 1 saturated heterocycles. The van der Waals surface area contributed by atoms with Crippen LogP contribution >= 0.6 is 22.7 Å². The van der Waals surface area contributed by atoms with E-state index in [0.717, 1.165) is 39.6 Å². The van der Waals surface area contributed by atoms with Crippen LogP contribution in [-0.2, 0) is 4.79 Å². The van der Waals surface area contributed by atoms with E-state index >= 15 is 0 Å². The molecule has 5 rings (SSSR count). The number of likely N-dealkylation sites (tertiary alicyclic amines) is 1. The topological polar surface area (TPSA) is 88.2 Å². The van der Waals surface area contributed by atoms with E-state index in [-0.39, 0.29) is 17.3 Å². The summed E-state index contributed by atoms with van der Waals surface area (Å²) in [6.45, 7) is 5.30. The number of ether oxygens (including phenoxy) is 1. The Labute approximate surface area is 204 Å². The lowest BCUT2D eigenvalue weighted by molar-refractivity contribution is -0.123. The van der Waals surface area contributed by atoms with Crippen molar-refractivity contribution in [2.75, 3.05) is 20.2 Å². The maximum Gasteiger partial charge on any atom is 0.260 e. The molecule has 9 heteroatoms. The molecule has 1 amide bonds. The van der Waals surface area contributed by atoms with Crippen molar-refractivity contribution >= 4 is 50.4 Å². The number of aromatic amines is 1. The molecule has 174 valence electrons. The predicted molar refractivity (Wildman–Crippen MR) is 138 cm³/mol. The molecule has 0 radical (unpaired) electrons. The number of hydrogen-bond acceptors (Lipinski definition) is 7. The molecular formula is C25H24N4O3S2. The Balaban J connectivity index is 1.60. The van der Waals surface area contributed by atoms with Gasteiger partial charge < -0.3 is 14.6 Å². The zero-order valence-corrected chi connectivity index (χ0v) is 20.8. The first-order valence-corrected chi connectivity index (χ1v) is 12.8. The van der Waals surface area contributed by atoms with E-state index in [9.17, 15) is 9.59 Å². The van der Waals surface area contributed by atoms with E-state index in [4.69, 9.17) is 14.7 Å². The summed E-state index contributed by atoms with van der Waals surface area (Å²) < 4.78 is 5.32. The molecule has 1 aliphatic heterocycles. The summed E-state index contributed by atoms with van der Waals surface area (Å²) >= 11 is 2.96. The summed E-state index contributed by atoms with van der Waals surface area (Å²) in [6, 6.07) is 7.70. The van der Waals surface area contributed by atoms with E-state index in [1.165, 1.54) is 22.7 Å². The van der Waals surface area contributed by atoms with Gasteiger partial charge in [-0.25, -0.2) is 9.97 Å². The van der Waals surface area contributed by atoms with Crippen molar-refractivity contribution in [1.82, 2.24) is 19.9 Å². The summed E-state index contributed by atoms with van der Waals surface area (Å²) in [4.78, 5) is 42.2. The van der Waals surface area contributed by atoms with Crippen molar-refractivity contribution < 1.29 is 9.53 Å². The number of nitrogens with one attached hydrogen (secondary N) is 1. The molecule has 0 saturated carbocycles.